The van der Waals surface area contributed by atoms with Gasteiger partial charge >= 0.3 is 0 Å². The molecule has 1 aromatic carbocycles. The normalized spacial score (nSPS) is 12.4. The van der Waals surface area contributed by atoms with Crippen LogP contribution >= 0.6 is 23.2 Å². The zero-order valence-electron chi connectivity index (χ0n) is 10.3. The number of hydrogen-bond acceptors (Lipinski definition) is 2. The van der Waals surface area contributed by atoms with Crippen LogP contribution in [0.15, 0.2) is 36.7 Å². The van der Waals surface area contributed by atoms with Crippen molar-refractivity contribution < 1.29 is 4.39 Å². The van der Waals surface area contributed by atoms with Crippen LogP contribution in [-0.2, 0) is 0 Å². The van der Waals surface area contributed by atoms with Crippen LogP contribution in [0, 0.1) is 5.82 Å². The SMILES string of the molecule is CCNC(c1cncc(F)c1)c1ccc(Cl)cc1Cl. The number of nitrogens with zero attached hydrogens (tertiary/aromatic N) is 1. The first-order chi connectivity index (χ1) is 9.11. The molecule has 0 aliphatic rings. The Morgan fingerprint density at radius 2 is 2.05 bits per heavy atom. The topological polar surface area (TPSA) is 24.9 Å². The largest absolute Gasteiger partial charge is 0.306 e. The molecule has 1 unspecified atom stereocenters. The van der Waals surface area contributed by atoms with Gasteiger partial charge in [-0.15, -0.1) is 0 Å². The van der Waals surface area contributed by atoms with E-state index >= 15 is 0 Å². The summed E-state index contributed by atoms with van der Waals surface area (Å²) in [5.41, 5.74) is 1.58. The number of pyridine rings is 1. The minimum Gasteiger partial charge on any atom is -0.306 e. The molecule has 0 aliphatic carbocycles. The molecule has 1 N–H and O–H groups in total. The van der Waals surface area contributed by atoms with Crippen LogP contribution in [0.2, 0.25) is 10.0 Å². The minimum absolute atomic E-state index is 0.210. The Kier molecular flexibility index (Phi) is 4.75. The molecule has 2 nitrogen and oxygen atoms in total. The van der Waals surface area contributed by atoms with Crippen LogP contribution in [0.5, 0.6) is 0 Å². The fourth-order valence-corrected chi connectivity index (χ4v) is 2.45. The smallest absolute Gasteiger partial charge is 0.141 e. The lowest BCUT2D eigenvalue weighted by Gasteiger charge is -2.20. The van der Waals surface area contributed by atoms with Gasteiger partial charge in [-0.2, -0.15) is 0 Å². The maximum atomic E-state index is 13.3. The van der Waals surface area contributed by atoms with E-state index in [0.29, 0.717) is 10.0 Å². The van der Waals surface area contributed by atoms with Gasteiger partial charge in [-0.05, 0) is 35.9 Å². The summed E-state index contributed by atoms with van der Waals surface area (Å²) in [6, 6.07) is 6.52. The van der Waals surface area contributed by atoms with Crippen molar-refractivity contribution in [3.8, 4) is 0 Å². The molecule has 2 rings (SSSR count). The Morgan fingerprint density at radius 1 is 1.26 bits per heavy atom. The highest BCUT2D eigenvalue weighted by atomic mass is 35.5. The van der Waals surface area contributed by atoms with Gasteiger partial charge < -0.3 is 5.32 Å². The van der Waals surface area contributed by atoms with E-state index in [4.69, 9.17) is 23.2 Å². The van der Waals surface area contributed by atoms with E-state index in [9.17, 15) is 4.39 Å². The molecule has 0 saturated carbocycles. The first-order valence-electron chi connectivity index (χ1n) is 5.90. The summed E-state index contributed by atoms with van der Waals surface area (Å²) in [6.07, 6.45) is 2.80. The average molecular weight is 299 g/mol. The summed E-state index contributed by atoms with van der Waals surface area (Å²) in [4.78, 5) is 3.88. The highest BCUT2D eigenvalue weighted by Gasteiger charge is 2.17. The number of hydrogen-bond donors (Lipinski definition) is 1. The van der Waals surface area contributed by atoms with Gasteiger partial charge in [0.2, 0.25) is 0 Å². The maximum Gasteiger partial charge on any atom is 0.141 e. The molecule has 0 fully saturated rings. The summed E-state index contributed by atoms with van der Waals surface area (Å²) >= 11 is 12.1. The van der Waals surface area contributed by atoms with Crippen molar-refractivity contribution in [3.05, 3.63) is 63.6 Å². The minimum atomic E-state index is -0.370. The Bertz CT molecular complexity index is 575. The lowest BCUT2D eigenvalue weighted by Crippen LogP contribution is -2.22. The van der Waals surface area contributed by atoms with Crippen molar-refractivity contribution >= 4 is 23.2 Å². The zero-order valence-corrected chi connectivity index (χ0v) is 11.8. The van der Waals surface area contributed by atoms with Crippen molar-refractivity contribution in [1.29, 1.82) is 0 Å². The van der Waals surface area contributed by atoms with Crippen molar-refractivity contribution in [2.45, 2.75) is 13.0 Å². The molecule has 1 heterocycles. The highest BCUT2D eigenvalue weighted by Crippen LogP contribution is 2.30. The number of rotatable bonds is 4. The predicted octanol–water partition coefficient (Wildman–Crippen LogP) is 4.23. The first-order valence-corrected chi connectivity index (χ1v) is 6.66. The number of aromatic nitrogens is 1. The molecular formula is C14H13Cl2FN2. The van der Waals surface area contributed by atoms with Gasteiger partial charge in [0, 0.05) is 16.2 Å². The Balaban J connectivity index is 2.45. The van der Waals surface area contributed by atoms with Crippen LogP contribution in [-0.4, -0.2) is 11.5 Å². The van der Waals surface area contributed by atoms with Crippen LogP contribution in [0.25, 0.3) is 0 Å². The van der Waals surface area contributed by atoms with Crippen LogP contribution in [0.3, 0.4) is 0 Å². The lowest BCUT2D eigenvalue weighted by molar-refractivity contribution is 0.596. The number of halogens is 3. The van der Waals surface area contributed by atoms with Gasteiger partial charge in [0.15, 0.2) is 0 Å². The standard InChI is InChI=1S/C14H13Cl2FN2/c1-2-19-14(9-5-11(17)8-18-7-9)12-4-3-10(15)6-13(12)16/h3-8,14,19H,2H2,1H3. The fraction of sp³-hybridized carbons (Fsp3) is 0.214. The van der Waals surface area contributed by atoms with Crippen molar-refractivity contribution in [1.82, 2.24) is 10.3 Å². The first kappa shape index (κ1) is 14.3. The molecule has 0 radical (unpaired) electrons. The molecule has 0 spiro atoms. The zero-order chi connectivity index (χ0) is 13.8. The molecule has 5 heteroatoms. The van der Waals surface area contributed by atoms with Gasteiger partial charge in [-0.25, -0.2) is 4.39 Å². The third-order valence-electron chi connectivity index (χ3n) is 2.74. The third kappa shape index (κ3) is 3.44. The molecule has 0 aliphatic heterocycles. The van der Waals surface area contributed by atoms with Gasteiger partial charge in [0.1, 0.15) is 5.82 Å². The molecule has 0 amide bonds. The predicted molar refractivity (Wildman–Crippen MR) is 76.2 cm³/mol. The second kappa shape index (κ2) is 6.33. The molecule has 19 heavy (non-hydrogen) atoms. The molecule has 2 aromatic rings. The van der Waals surface area contributed by atoms with E-state index in [0.717, 1.165) is 17.7 Å². The molecule has 100 valence electrons. The second-order valence-corrected chi connectivity index (χ2v) is 4.94. The second-order valence-electron chi connectivity index (χ2n) is 4.09. The summed E-state index contributed by atoms with van der Waals surface area (Å²) in [7, 11) is 0. The van der Waals surface area contributed by atoms with E-state index in [1.807, 2.05) is 13.0 Å². The number of benzene rings is 1. The van der Waals surface area contributed by atoms with Crippen molar-refractivity contribution in [2.75, 3.05) is 6.54 Å². The maximum absolute atomic E-state index is 13.3. The van der Waals surface area contributed by atoms with Gasteiger partial charge in [-0.3, -0.25) is 4.98 Å². The Morgan fingerprint density at radius 3 is 2.68 bits per heavy atom. The van der Waals surface area contributed by atoms with E-state index in [-0.39, 0.29) is 11.9 Å². The molecule has 0 bridgehead atoms. The molecule has 0 saturated heterocycles. The third-order valence-corrected chi connectivity index (χ3v) is 3.30. The van der Waals surface area contributed by atoms with Crippen molar-refractivity contribution in [3.63, 3.8) is 0 Å². The average Bonchev–Trinajstić information content (AvgIpc) is 2.37. The quantitative estimate of drug-likeness (QED) is 0.914. The van der Waals surface area contributed by atoms with Crippen LogP contribution in [0.1, 0.15) is 24.1 Å². The molecule has 1 atom stereocenters. The fourth-order valence-electron chi connectivity index (χ4n) is 1.93. The Hall–Kier alpha value is -1.16. The monoisotopic (exact) mass is 298 g/mol. The summed E-state index contributed by atoms with van der Waals surface area (Å²) in [5, 5.41) is 4.38. The van der Waals surface area contributed by atoms with Crippen LogP contribution in [0.4, 0.5) is 4.39 Å². The summed E-state index contributed by atoms with van der Waals surface area (Å²) in [5.74, 6) is -0.370. The van der Waals surface area contributed by atoms with E-state index < -0.39 is 0 Å². The molecular weight excluding hydrogens is 286 g/mol. The Labute approximate surface area is 121 Å². The molecule has 1 aromatic heterocycles. The van der Waals surface area contributed by atoms with E-state index in [1.54, 1.807) is 18.3 Å². The lowest BCUT2D eigenvalue weighted by atomic mass is 10.00. The van der Waals surface area contributed by atoms with Gasteiger partial charge in [0.05, 0.1) is 12.2 Å². The van der Waals surface area contributed by atoms with Crippen molar-refractivity contribution in [2.24, 2.45) is 0 Å². The van der Waals surface area contributed by atoms with Gasteiger partial charge in [0.25, 0.3) is 0 Å². The highest BCUT2D eigenvalue weighted by molar-refractivity contribution is 6.35. The van der Waals surface area contributed by atoms with Gasteiger partial charge in [-0.1, -0.05) is 36.2 Å². The number of nitrogens with one attached hydrogen (secondary N) is 1. The van der Waals surface area contributed by atoms with E-state index in [2.05, 4.69) is 10.3 Å². The summed E-state index contributed by atoms with van der Waals surface area (Å²) < 4.78 is 13.3. The summed E-state index contributed by atoms with van der Waals surface area (Å²) in [6.45, 7) is 2.70. The van der Waals surface area contributed by atoms with Crippen LogP contribution < -0.4 is 5.32 Å². The van der Waals surface area contributed by atoms with E-state index in [1.165, 1.54) is 12.3 Å².